The van der Waals surface area contributed by atoms with Crippen LogP contribution >= 0.6 is 0 Å². The average Bonchev–Trinajstić information content (AvgIpc) is 2.43. The van der Waals surface area contributed by atoms with Crippen molar-refractivity contribution in [1.29, 1.82) is 0 Å². The largest absolute Gasteiger partial charge is 0.468 e. The molecule has 0 aromatic rings. The van der Waals surface area contributed by atoms with Crippen molar-refractivity contribution in [2.24, 2.45) is 5.73 Å². The van der Waals surface area contributed by atoms with Crippen LogP contribution < -0.4 is 11.1 Å². The van der Waals surface area contributed by atoms with E-state index in [9.17, 15) is 14.4 Å². The van der Waals surface area contributed by atoms with E-state index in [0.717, 1.165) is 0 Å². The highest BCUT2D eigenvalue weighted by Crippen LogP contribution is 2.00. The minimum Gasteiger partial charge on any atom is -0.468 e. The first-order chi connectivity index (χ1) is 9.42. The smallest absolute Gasteiger partial charge is 0.407 e. The third kappa shape index (κ3) is 7.57. The Morgan fingerprint density at radius 3 is 2.55 bits per heavy atom. The molecule has 0 aromatic carbocycles. The van der Waals surface area contributed by atoms with Gasteiger partial charge >= 0.3 is 12.1 Å². The highest BCUT2D eigenvalue weighted by molar-refractivity contribution is 5.79. The molecule has 0 rings (SSSR count). The van der Waals surface area contributed by atoms with E-state index < -0.39 is 18.1 Å². The molecular weight excluding hydrogens is 266 g/mol. The molecule has 116 valence electrons. The standard InChI is InChI=1S/C12H23N3O5/c1-4-14-12(18)20-8-7-15(2)10(16)6-5-9(13)11(17)19-3/h9H,4-8,13H2,1-3H3,(H,14,18)/t9-/m0/s1. The number of carbonyl (C=O) groups is 3. The van der Waals surface area contributed by atoms with Crippen molar-refractivity contribution in [2.45, 2.75) is 25.8 Å². The molecule has 0 aliphatic heterocycles. The fourth-order valence-electron chi connectivity index (χ4n) is 1.33. The van der Waals surface area contributed by atoms with Crippen LogP contribution in [0.5, 0.6) is 0 Å². The van der Waals surface area contributed by atoms with Gasteiger partial charge in [0.05, 0.1) is 13.7 Å². The Balaban J connectivity index is 3.87. The third-order valence-electron chi connectivity index (χ3n) is 2.58. The van der Waals surface area contributed by atoms with Crippen molar-refractivity contribution in [2.75, 3.05) is 33.9 Å². The lowest BCUT2D eigenvalue weighted by Crippen LogP contribution is -2.36. The second kappa shape index (κ2) is 10.0. The Labute approximate surface area is 118 Å². The highest BCUT2D eigenvalue weighted by Gasteiger charge is 2.17. The molecule has 1 atom stereocenters. The summed E-state index contributed by atoms with van der Waals surface area (Å²) in [5.41, 5.74) is 5.53. The first kappa shape index (κ1) is 18.2. The Kier molecular flexibility index (Phi) is 9.10. The summed E-state index contributed by atoms with van der Waals surface area (Å²) in [6.45, 7) is 2.65. The van der Waals surface area contributed by atoms with Gasteiger partial charge in [-0.15, -0.1) is 0 Å². The van der Waals surface area contributed by atoms with Gasteiger partial charge in [0.2, 0.25) is 5.91 Å². The summed E-state index contributed by atoms with van der Waals surface area (Å²) in [5, 5.41) is 2.47. The molecular formula is C12H23N3O5. The SMILES string of the molecule is CCNC(=O)OCCN(C)C(=O)CC[C@H](N)C(=O)OC. The third-order valence-corrected chi connectivity index (χ3v) is 2.58. The van der Waals surface area contributed by atoms with Gasteiger partial charge in [0, 0.05) is 20.0 Å². The van der Waals surface area contributed by atoms with Gasteiger partial charge in [-0.3, -0.25) is 9.59 Å². The number of carbonyl (C=O) groups excluding carboxylic acids is 3. The van der Waals surface area contributed by atoms with Gasteiger partial charge in [-0.1, -0.05) is 0 Å². The predicted molar refractivity (Wildman–Crippen MR) is 71.9 cm³/mol. The number of nitrogens with zero attached hydrogens (tertiary/aromatic N) is 1. The van der Waals surface area contributed by atoms with E-state index in [1.807, 2.05) is 0 Å². The topological polar surface area (TPSA) is 111 Å². The maximum Gasteiger partial charge on any atom is 0.407 e. The molecule has 0 bridgehead atoms. The van der Waals surface area contributed by atoms with Crippen molar-refractivity contribution >= 4 is 18.0 Å². The van der Waals surface area contributed by atoms with Crippen LogP contribution in [0.2, 0.25) is 0 Å². The number of alkyl carbamates (subject to hydrolysis) is 1. The zero-order chi connectivity index (χ0) is 15.5. The minimum absolute atomic E-state index is 0.108. The quantitative estimate of drug-likeness (QED) is 0.581. The van der Waals surface area contributed by atoms with Crippen molar-refractivity contribution in [3.05, 3.63) is 0 Å². The van der Waals surface area contributed by atoms with Crippen molar-refractivity contribution in [1.82, 2.24) is 10.2 Å². The number of nitrogens with two attached hydrogens (primary N) is 1. The molecule has 20 heavy (non-hydrogen) atoms. The molecule has 0 saturated heterocycles. The fraction of sp³-hybridized carbons (Fsp3) is 0.750. The van der Waals surface area contributed by atoms with Crippen LogP contribution in [0.1, 0.15) is 19.8 Å². The first-order valence-electron chi connectivity index (χ1n) is 6.40. The molecule has 8 heteroatoms. The fourth-order valence-corrected chi connectivity index (χ4v) is 1.33. The van der Waals surface area contributed by atoms with Crippen LogP contribution in [0.25, 0.3) is 0 Å². The van der Waals surface area contributed by atoms with Crippen molar-refractivity contribution in [3.63, 3.8) is 0 Å². The van der Waals surface area contributed by atoms with Gasteiger partial charge in [0.1, 0.15) is 12.6 Å². The van der Waals surface area contributed by atoms with Crippen LogP contribution in [0.4, 0.5) is 4.79 Å². The zero-order valence-electron chi connectivity index (χ0n) is 12.2. The van der Waals surface area contributed by atoms with E-state index in [1.54, 1.807) is 14.0 Å². The van der Waals surface area contributed by atoms with Crippen LogP contribution in [0.15, 0.2) is 0 Å². The Hall–Kier alpha value is -1.83. The van der Waals surface area contributed by atoms with Gasteiger partial charge in [0.15, 0.2) is 0 Å². The first-order valence-corrected chi connectivity index (χ1v) is 6.40. The van der Waals surface area contributed by atoms with E-state index >= 15 is 0 Å². The summed E-state index contributed by atoms with van der Waals surface area (Å²) < 4.78 is 9.31. The lowest BCUT2D eigenvalue weighted by molar-refractivity contribution is -0.142. The molecule has 0 aliphatic carbocycles. The van der Waals surface area contributed by atoms with Crippen LogP contribution in [0.3, 0.4) is 0 Å². The van der Waals surface area contributed by atoms with E-state index in [1.165, 1.54) is 12.0 Å². The van der Waals surface area contributed by atoms with Crippen molar-refractivity contribution in [3.8, 4) is 0 Å². The van der Waals surface area contributed by atoms with Crippen LogP contribution in [-0.2, 0) is 19.1 Å². The van der Waals surface area contributed by atoms with Crippen LogP contribution in [0, 0.1) is 0 Å². The van der Waals surface area contributed by atoms with Gasteiger partial charge in [-0.05, 0) is 13.3 Å². The summed E-state index contributed by atoms with van der Waals surface area (Å²) in [4.78, 5) is 35.2. The normalized spacial score (nSPS) is 11.4. The molecule has 0 spiro atoms. The molecule has 2 amide bonds. The zero-order valence-corrected chi connectivity index (χ0v) is 12.2. The molecule has 0 unspecified atom stereocenters. The van der Waals surface area contributed by atoms with Crippen molar-refractivity contribution < 1.29 is 23.9 Å². The molecule has 8 nitrogen and oxygen atoms in total. The lowest BCUT2D eigenvalue weighted by Gasteiger charge is -2.18. The Morgan fingerprint density at radius 1 is 1.35 bits per heavy atom. The summed E-state index contributed by atoms with van der Waals surface area (Å²) in [6, 6.07) is -0.802. The Bertz CT molecular complexity index is 335. The number of rotatable bonds is 8. The van der Waals surface area contributed by atoms with Crippen LogP contribution in [-0.4, -0.2) is 62.8 Å². The van der Waals surface area contributed by atoms with Gasteiger partial charge in [-0.25, -0.2) is 4.79 Å². The number of hydrogen-bond acceptors (Lipinski definition) is 6. The monoisotopic (exact) mass is 289 g/mol. The average molecular weight is 289 g/mol. The number of amides is 2. The molecule has 0 radical (unpaired) electrons. The molecule has 0 aromatic heterocycles. The summed E-state index contributed by atoms with van der Waals surface area (Å²) >= 11 is 0. The molecule has 3 N–H and O–H groups in total. The van der Waals surface area contributed by atoms with E-state index in [-0.39, 0.29) is 31.9 Å². The van der Waals surface area contributed by atoms with E-state index in [2.05, 4.69) is 10.1 Å². The Morgan fingerprint density at radius 2 is 2.00 bits per heavy atom. The predicted octanol–water partition coefficient (Wildman–Crippen LogP) is -0.529. The number of hydrogen-bond donors (Lipinski definition) is 2. The molecule has 0 saturated carbocycles. The van der Waals surface area contributed by atoms with Gasteiger partial charge in [-0.2, -0.15) is 0 Å². The summed E-state index contributed by atoms with van der Waals surface area (Å²) in [5.74, 6) is -0.719. The second-order valence-electron chi connectivity index (χ2n) is 4.15. The summed E-state index contributed by atoms with van der Waals surface area (Å²) in [7, 11) is 2.84. The number of likely N-dealkylation sites (N-methyl/N-ethyl adjacent to an activating group) is 1. The summed E-state index contributed by atoms with van der Waals surface area (Å²) in [6.07, 6.45) is -0.165. The molecule has 0 aliphatic rings. The molecule has 0 fully saturated rings. The number of methoxy groups -OCH3 is 1. The van der Waals surface area contributed by atoms with E-state index in [0.29, 0.717) is 6.54 Å². The van der Waals surface area contributed by atoms with Gasteiger partial charge < -0.3 is 25.4 Å². The highest BCUT2D eigenvalue weighted by atomic mass is 16.5. The lowest BCUT2D eigenvalue weighted by atomic mass is 10.1. The van der Waals surface area contributed by atoms with Gasteiger partial charge in [0.25, 0.3) is 0 Å². The molecule has 0 heterocycles. The maximum atomic E-state index is 11.7. The second-order valence-corrected chi connectivity index (χ2v) is 4.15. The maximum absolute atomic E-state index is 11.7. The minimum atomic E-state index is -0.802. The number of esters is 1. The number of nitrogens with one attached hydrogen (secondary N) is 1. The van der Waals surface area contributed by atoms with E-state index in [4.69, 9.17) is 10.5 Å². The number of ether oxygens (including phenoxy) is 2.